The van der Waals surface area contributed by atoms with E-state index >= 15 is 0 Å². The summed E-state index contributed by atoms with van der Waals surface area (Å²) in [6.07, 6.45) is 0. The van der Waals surface area contributed by atoms with E-state index in [4.69, 9.17) is 4.98 Å². The van der Waals surface area contributed by atoms with Crippen molar-refractivity contribution in [1.82, 2.24) is 4.98 Å². The first-order chi connectivity index (χ1) is 14.3. The molecule has 0 saturated heterocycles. The fourth-order valence-corrected chi connectivity index (χ4v) is 4.50. The average molecular weight is 436 g/mol. The van der Waals surface area contributed by atoms with Crippen LogP contribution in [0.3, 0.4) is 0 Å². The van der Waals surface area contributed by atoms with Gasteiger partial charge in [-0.25, -0.2) is 4.98 Å². The van der Waals surface area contributed by atoms with Gasteiger partial charge in [-0.05, 0) is 44.8 Å². The average Bonchev–Trinajstić information content (AvgIpc) is 2.80. The maximum Gasteiger partial charge on any atom is 0.0858 e. The number of para-hydroxylation sites is 1. The standard InChI is InChI=1S/C27H18BrN/c28-26-25(20-12-5-2-6-13-20)23-16-7-8-17-24(23)29-27(26)22-15-9-14-21(18-22)19-10-3-1-4-11-19/h1-18H. The van der Waals surface area contributed by atoms with Gasteiger partial charge in [-0.3, -0.25) is 0 Å². The zero-order valence-corrected chi connectivity index (χ0v) is 17.3. The van der Waals surface area contributed by atoms with Crippen LogP contribution in [0, 0.1) is 0 Å². The van der Waals surface area contributed by atoms with Gasteiger partial charge < -0.3 is 0 Å². The number of benzene rings is 4. The molecule has 4 aromatic carbocycles. The molecule has 29 heavy (non-hydrogen) atoms. The Labute approximate surface area is 178 Å². The summed E-state index contributed by atoms with van der Waals surface area (Å²) in [5.74, 6) is 0. The van der Waals surface area contributed by atoms with E-state index in [1.54, 1.807) is 0 Å². The summed E-state index contributed by atoms with van der Waals surface area (Å²) >= 11 is 3.89. The molecule has 0 amide bonds. The van der Waals surface area contributed by atoms with Crippen LogP contribution in [-0.4, -0.2) is 4.98 Å². The number of hydrogen-bond acceptors (Lipinski definition) is 1. The molecule has 1 heterocycles. The summed E-state index contributed by atoms with van der Waals surface area (Å²) in [6.45, 7) is 0. The van der Waals surface area contributed by atoms with Gasteiger partial charge in [0.25, 0.3) is 0 Å². The van der Waals surface area contributed by atoms with Crippen molar-refractivity contribution in [1.29, 1.82) is 0 Å². The Kier molecular flexibility index (Phi) is 4.71. The number of fused-ring (bicyclic) bond motifs is 1. The van der Waals surface area contributed by atoms with E-state index in [9.17, 15) is 0 Å². The first-order valence-corrected chi connectivity index (χ1v) is 10.4. The Bertz CT molecular complexity index is 1290. The Morgan fingerprint density at radius 3 is 1.86 bits per heavy atom. The summed E-state index contributed by atoms with van der Waals surface area (Å²) in [6, 6.07) is 37.9. The lowest BCUT2D eigenvalue weighted by atomic mass is 9.97. The van der Waals surface area contributed by atoms with Gasteiger partial charge >= 0.3 is 0 Å². The molecule has 0 atom stereocenters. The first-order valence-electron chi connectivity index (χ1n) is 9.61. The monoisotopic (exact) mass is 435 g/mol. The lowest BCUT2D eigenvalue weighted by Gasteiger charge is -2.14. The van der Waals surface area contributed by atoms with E-state index in [-0.39, 0.29) is 0 Å². The fourth-order valence-electron chi connectivity index (χ4n) is 3.74. The molecule has 0 aliphatic heterocycles. The molecule has 0 fully saturated rings. The molecular formula is C27H18BrN. The Morgan fingerprint density at radius 1 is 0.517 bits per heavy atom. The van der Waals surface area contributed by atoms with E-state index in [0.717, 1.165) is 26.6 Å². The molecule has 5 rings (SSSR count). The highest BCUT2D eigenvalue weighted by Gasteiger charge is 2.16. The van der Waals surface area contributed by atoms with E-state index in [0.29, 0.717) is 0 Å². The molecule has 1 aromatic heterocycles. The molecule has 0 spiro atoms. The number of pyridine rings is 1. The topological polar surface area (TPSA) is 12.9 Å². The highest BCUT2D eigenvalue weighted by molar-refractivity contribution is 9.10. The van der Waals surface area contributed by atoms with Gasteiger partial charge in [0.05, 0.1) is 15.7 Å². The van der Waals surface area contributed by atoms with E-state index in [2.05, 4.69) is 107 Å². The summed E-state index contributed by atoms with van der Waals surface area (Å²) in [5, 5.41) is 1.15. The van der Waals surface area contributed by atoms with Crippen LogP contribution in [0.2, 0.25) is 0 Å². The van der Waals surface area contributed by atoms with Crippen molar-refractivity contribution in [2.45, 2.75) is 0 Å². The van der Waals surface area contributed by atoms with Crippen molar-refractivity contribution in [3.8, 4) is 33.5 Å². The van der Waals surface area contributed by atoms with Crippen molar-refractivity contribution >= 4 is 26.8 Å². The Balaban J connectivity index is 1.76. The third-order valence-electron chi connectivity index (χ3n) is 5.14. The van der Waals surface area contributed by atoms with Gasteiger partial charge in [0.2, 0.25) is 0 Å². The second kappa shape index (κ2) is 7.65. The molecule has 1 nitrogen and oxygen atoms in total. The van der Waals surface area contributed by atoms with Gasteiger partial charge in [0.1, 0.15) is 0 Å². The van der Waals surface area contributed by atoms with E-state index < -0.39 is 0 Å². The number of aromatic nitrogens is 1. The van der Waals surface area contributed by atoms with Crippen molar-refractivity contribution in [3.63, 3.8) is 0 Å². The third kappa shape index (κ3) is 3.37. The molecule has 138 valence electrons. The lowest BCUT2D eigenvalue weighted by molar-refractivity contribution is 1.38. The maximum absolute atomic E-state index is 5.02. The lowest BCUT2D eigenvalue weighted by Crippen LogP contribution is -1.93. The quantitative estimate of drug-likeness (QED) is 0.279. The molecule has 0 N–H and O–H groups in total. The molecule has 5 aromatic rings. The molecule has 0 radical (unpaired) electrons. The smallest absolute Gasteiger partial charge is 0.0858 e. The number of halogens is 1. The van der Waals surface area contributed by atoms with Gasteiger partial charge in [-0.2, -0.15) is 0 Å². The largest absolute Gasteiger partial charge is 0.247 e. The molecule has 0 aliphatic rings. The van der Waals surface area contributed by atoms with Crippen molar-refractivity contribution in [2.75, 3.05) is 0 Å². The highest BCUT2D eigenvalue weighted by Crippen LogP contribution is 2.41. The normalized spacial score (nSPS) is 10.9. The Morgan fingerprint density at radius 2 is 1.10 bits per heavy atom. The minimum absolute atomic E-state index is 0.959. The van der Waals surface area contributed by atoms with Gasteiger partial charge in [-0.15, -0.1) is 0 Å². The molecule has 0 bridgehead atoms. The molecular weight excluding hydrogens is 418 g/mol. The highest BCUT2D eigenvalue weighted by atomic mass is 79.9. The minimum Gasteiger partial charge on any atom is -0.247 e. The summed E-state index contributed by atoms with van der Waals surface area (Å²) in [5.41, 5.74) is 7.80. The predicted octanol–water partition coefficient (Wildman–Crippen LogP) is 8.00. The third-order valence-corrected chi connectivity index (χ3v) is 5.91. The van der Waals surface area contributed by atoms with Gasteiger partial charge in [-0.1, -0.05) is 97.1 Å². The number of rotatable bonds is 3. The number of hydrogen-bond donors (Lipinski definition) is 0. The maximum atomic E-state index is 5.02. The van der Waals surface area contributed by atoms with Crippen molar-refractivity contribution < 1.29 is 0 Å². The van der Waals surface area contributed by atoms with Crippen LogP contribution in [0.1, 0.15) is 0 Å². The van der Waals surface area contributed by atoms with Crippen LogP contribution in [0.4, 0.5) is 0 Å². The zero-order valence-electron chi connectivity index (χ0n) is 15.7. The van der Waals surface area contributed by atoms with Crippen molar-refractivity contribution in [2.24, 2.45) is 0 Å². The molecule has 0 aliphatic carbocycles. The Hall–Kier alpha value is -3.23. The second-order valence-electron chi connectivity index (χ2n) is 6.98. The SMILES string of the molecule is Brc1c(-c2cccc(-c3ccccc3)c2)nc2ccccc2c1-c1ccccc1. The fraction of sp³-hybridized carbons (Fsp3) is 0. The van der Waals surface area contributed by atoms with Crippen LogP contribution in [0.5, 0.6) is 0 Å². The van der Waals surface area contributed by atoms with Crippen LogP contribution in [0.15, 0.2) is 114 Å². The summed E-state index contributed by atoms with van der Waals surface area (Å²) < 4.78 is 1.02. The predicted molar refractivity (Wildman–Crippen MR) is 126 cm³/mol. The summed E-state index contributed by atoms with van der Waals surface area (Å²) in [7, 11) is 0. The van der Waals surface area contributed by atoms with Crippen molar-refractivity contribution in [3.05, 3.63) is 114 Å². The zero-order chi connectivity index (χ0) is 19.6. The van der Waals surface area contributed by atoms with Crippen LogP contribution in [0.25, 0.3) is 44.4 Å². The second-order valence-corrected chi connectivity index (χ2v) is 7.77. The minimum atomic E-state index is 0.959. The van der Waals surface area contributed by atoms with Gasteiger partial charge in [0, 0.05) is 16.5 Å². The van der Waals surface area contributed by atoms with E-state index in [1.165, 1.54) is 22.3 Å². The van der Waals surface area contributed by atoms with Crippen LogP contribution in [-0.2, 0) is 0 Å². The van der Waals surface area contributed by atoms with Gasteiger partial charge in [0.15, 0.2) is 0 Å². The first kappa shape index (κ1) is 17.8. The van der Waals surface area contributed by atoms with E-state index in [1.807, 2.05) is 18.2 Å². The molecule has 2 heteroatoms. The van der Waals surface area contributed by atoms with Crippen LogP contribution < -0.4 is 0 Å². The van der Waals surface area contributed by atoms with Crippen LogP contribution >= 0.6 is 15.9 Å². The molecule has 0 saturated carbocycles. The molecule has 0 unspecified atom stereocenters. The summed E-state index contributed by atoms with van der Waals surface area (Å²) in [4.78, 5) is 5.02. The number of nitrogens with zero attached hydrogens (tertiary/aromatic N) is 1.